The minimum Gasteiger partial charge on any atom is -0.319 e. The summed E-state index contributed by atoms with van der Waals surface area (Å²) in [6, 6.07) is 7.75. The first-order chi connectivity index (χ1) is 7.59. The summed E-state index contributed by atoms with van der Waals surface area (Å²) in [6.07, 6.45) is 2.23. The molecule has 2 N–H and O–H groups in total. The van der Waals surface area contributed by atoms with Gasteiger partial charge in [0.1, 0.15) is 0 Å². The molecule has 0 atom stereocenters. The van der Waals surface area contributed by atoms with Crippen LogP contribution in [-0.4, -0.2) is 11.3 Å². The summed E-state index contributed by atoms with van der Waals surface area (Å²) in [5, 5.41) is 0. The first-order valence-electron chi connectivity index (χ1n) is 6.00. The Morgan fingerprint density at radius 2 is 1.71 bits per heavy atom. The number of carbonyl (C=O) groups is 1. The molecule has 0 bridgehead atoms. The van der Waals surface area contributed by atoms with Crippen molar-refractivity contribution in [1.82, 2.24) is 0 Å². The summed E-state index contributed by atoms with van der Waals surface area (Å²) in [7, 11) is 0. The molecule has 0 amide bonds. The molecule has 3 heteroatoms. The van der Waals surface area contributed by atoms with Gasteiger partial charge in [0, 0.05) is 5.56 Å². The molecule has 2 nitrogen and oxygen atoms in total. The van der Waals surface area contributed by atoms with Crippen molar-refractivity contribution in [2.45, 2.75) is 45.6 Å². The standard InChI is InChI=1S/C14H21NO.BrH/c1-4-11-9-7-8-10-12(11)13(16)14(15,5-2)6-3;/h7-10H,4-6,15H2,1-3H3;1H. The average Bonchev–Trinajstić information content (AvgIpc) is 2.36. The van der Waals surface area contributed by atoms with E-state index in [9.17, 15) is 4.79 Å². The molecule has 0 aliphatic rings. The van der Waals surface area contributed by atoms with E-state index in [1.165, 1.54) is 0 Å². The Kier molecular flexibility index (Phi) is 6.65. The van der Waals surface area contributed by atoms with Gasteiger partial charge in [-0.25, -0.2) is 0 Å². The van der Waals surface area contributed by atoms with Gasteiger partial charge in [-0.3, -0.25) is 4.79 Å². The Morgan fingerprint density at radius 1 is 1.18 bits per heavy atom. The highest BCUT2D eigenvalue weighted by Gasteiger charge is 2.31. The maximum Gasteiger partial charge on any atom is 0.182 e. The van der Waals surface area contributed by atoms with Gasteiger partial charge >= 0.3 is 0 Å². The number of benzene rings is 1. The van der Waals surface area contributed by atoms with Crippen LogP contribution in [0.1, 0.15) is 49.5 Å². The van der Waals surface area contributed by atoms with Gasteiger partial charge in [-0.05, 0) is 24.8 Å². The van der Waals surface area contributed by atoms with Crippen LogP contribution in [0.3, 0.4) is 0 Å². The van der Waals surface area contributed by atoms with Crippen LogP contribution in [-0.2, 0) is 6.42 Å². The van der Waals surface area contributed by atoms with Crippen molar-refractivity contribution < 1.29 is 4.79 Å². The van der Waals surface area contributed by atoms with Crippen molar-refractivity contribution in [2.75, 3.05) is 0 Å². The van der Waals surface area contributed by atoms with E-state index >= 15 is 0 Å². The van der Waals surface area contributed by atoms with E-state index in [4.69, 9.17) is 5.73 Å². The fourth-order valence-corrected chi connectivity index (χ4v) is 1.89. The molecule has 0 saturated carbocycles. The van der Waals surface area contributed by atoms with Gasteiger partial charge in [-0.1, -0.05) is 45.0 Å². The lowest BCUT2D eigenvalue weighted by atomic mass is 9.83. The third kappa shape index (κ3) is 3.39. The highest BCUT2D eigenvalue weighted by atomic mass is 79.9. The van der Waals surface area contributed by atoms with Crippen molar-refractivity contribution >= 4 is 22.8 Å². The SMILES string of the molecule is Br.CCc1ccccc1C(=O)C(N)(CC)CC. The quantitative estimate of drug-likeness (QED) is 0.845. The van der Waals surface area contributed by atoms with Crippen molar-refractivity contribution in [3.05, 3.63) is 35.4 Å². The molecule has 0 saturated heterocycles. The maximum absolute atomic E-state index is 12.4. The number of rotatable bonds is 5. The lowest BCUT2D eigenvalue weighted by Crippen LogP contribution is -2.47. The molecule has 17 heavy (non-hydrogen) atoms. The highest BCUT2D eigenvalue weighted by Crippen LogP contribution is 2.21. The molecule has 96 valence electrons. The Labute approximate surface area is 114 Å². The van der Waals surface area contributed by atoms with Gasteiger partial charge in [0.05, 0.1) is 5.54 Å². The van der Waals surface area contributed by atoms with Crippen LogP contribution in [0.2, 0.25) is 0 Å². The minimum absolute atomic E-state index is 0. The average molecular weight is 300 g/mol. The van der Waals surface area contributed by atoms with E-state index in [-0.39, 0.29) is 22.8 Å². The van der Waals surface area contributed by atoms with E-state index in [0.29, 0.717) is 12.8 Å². The van der Waals surface area contributed by atoms with E-state index in [0.717, 1.165) is 17.5 Å². The zero-order valence-electron chi connectivity index (χ0n) is 10.8. The van der Waals surface area contributed by atoms with E-state index in [1.54, 1.807) is 0 Å². The molecule has 0 aromatic heterocycles. The smallest absolute Gasteiger partial charge is 0.182 e. The molecule has 0 aliphatic carbocycles. The molecule has 0 unspecified atom stereocenters. The van der Waals surface area contributed by atoms with Crippen molar-refractivity contribution in [3.8, 4) is 0 Å². The Hall–Kier alpha value is -0.670. The second kappa shape index (κ2) is 6.92. The van der Waals surface area contributed by atoms with E-state index in [1.807, 2.05) is 38.1 Å². The first kappa shape index (κ1) is 16.3. The fraction of sp³-hybridized carbons (Fsp3) is 0.500. The number of carbonyl (C=O) groups excluding carboxylic acids is 1. The lowest BCUT2D eigenvalue weighted by molar-refractivity contribution is 0.0878. The Bertz CT molecular complexity index is 372. The summed E-state index contributed by atoms with van der Waals surface area (Å²) >= 11 is 0. The van der Waals surface area contributed by atoms with Crippen LogP contribution < -0.4 is 5.73 Å². The van der Waals surface area contributed by atoms with Crippen LogP contribution in [0.4, 0.5) is 0 Å². The van der Waals surface area contributed by atoms with Gasteiger partial charge in [0.15, 0.2) is 5.78 Å². The van der Waals surface area contributed by atoms with Gasteiger partial charge in [-0.15, -0.1) is 17.0 Å². The number of ketones is 1. The second-order valence-corrected chi connectivity index (χ2v) is 4.20. The lowest BCUT2D eigenvalue weighted by Gasteiger charge is -2.25. The molecule has 1 aromatic carbocycles. The van der Waals surface area contributed by atoms with Gasteiger partial charge < -0.3 is 5.73 Å². The maximum atomic E-state index is 12.4. The number of hydrogen-bond donors (Lipinski definition) is 1. The number of nitrogens with two attached hydrogens (primary N) is 1. The number of aryl methyl sites for hydroxylation is 1. The minimum atomic E-state index is -0.703. The molecular weight excluding hydrogens is 278 g/mol. The van der Waals surface area contributed by atoms with Gasteiger partial charge in [0.25, 0.3) is 0 Å². The fourth-order valence-electron chi connectivity index (χ4n) is 1.89. The summed E-state index contributed by atoms with van der Waals surface area (Å²) in [5.41, 5.74) is 7.32. The zero-order chi connectivity index (χ0) is 12.2. The third-order valence-corrected chi connectivity index (χ3v) is 3.36. The van der Waals surface area contributed by atoms with Crippen LogP contribution in [0.25, 0.3) is 0 Å². The first-order valence-corrected chi connectivity index (χ1v) is 6.00. The molecule has 0 aliphatic heterocycles. The Morgan fingerprint density at radius 3 is 2.18 bits per heavy atom. The van der Waals surface area contributed by atoms with E-state index < -0.39 is 5.54 Å². The van der Waals surface area contributed by atoms with Gasteiger partial charge in [-0.2, -0.15) is 0 Å². The predicted molar refractivity (Wildman–Crippen MR) is 78.0 cm³/mol. The summed E-state index contributed by atoms with van der Waals surface area (Å²) < 4.78 is 0. The predicted octanol–water partition coefficient (Wildman–Crippen LogP) is 3.53. The van der Waals surface area contributed by atoms with Gasteiger partial charge in [0.2, 0.25) is 0 Å². The molecule has 0 fully saturated rings. The monoisotopic (exact) mass is 299 g/mol. The van der Waals surface area contributed by atoms with Crippen molar-refractivity contribution in [1.29, 1.82) is 0 Å². The molecule has 0 heterocycles. The molecule has 0 radical (unpaired) electrons. The van der Waals surface area contributed by atoms with Crippen molar-refractivity contribution in [3.63, 3.8) is 0 Å². The summed E-state index contributed by atoms with van der Waals surface area (Å²) in [6.45, 7) is 5.99. The van der Waals surface area contributed by atoms with Crippen molar-refractivity contribution in [2.24, 2.45) is 5.73 Å². The molecule has 1 rings (SSSR count). The largest absolute Gasteiger partial charge is 0.319 e. The summed E-state index contributed by atoms with van der Waals surface area (Å²) in [4.78, 5) is 12.4. The number of hydrogen-bond acceptors (Lipinski definition) is 2. The van der Waals surface area contributed by atoms with Crippen LogP contribution in [0.5, 0.6) is 0 Å². The number of Topliss-reactive ketones (excluding diaryl/α,β-unsaturated/α-hetero) is 1. The molecule has 0 spiro atoms. The molecule has 1 aromatic rings. The normalized spacial score (nSPS) is 10.8. The molecular formula is C14H22BrNO. The van der Waals surface area contributed by atoms with E-state index in [2.05, 4.69) is 6.92 Å². The zero-order valence-corrected chi connectivity index (χ0v) is 12.5. The highest BCUT2D eigenvalue weighted by molar-refractivity contribution is 8.93. The third-order valence-electron chi connectivity index (χ3n) is 3.36. The van der Waals surface area contributed by atoms with Crippen LogP contribution >= 0.6 is 17.0 Å². The Balaban J connectivity index is 0.00000256. The topological polar surface area (TPSA) is 43.1 Å². The summed E-state index contributed by atoms with van der Waals surface area (Å²) in [5.74, 6) is 0.0787. The van der Waals surface area contributed by atoms with Crippen LogP contribution in [0, 0.1) is 0 Å². The van der Waals surface area contributed by atoms with Crippen LogP contribution in [0.15, 0.2) is 24.3 Å². The second-order valence-electron chi connectivity index (χ2n) is 4.20. The number of halogens is 1.